The van der Waals surface area contributed by atoms with Gasteiger partial charge in [0, 0.05) is 51.0 Å². The van der Waals surface area contributed by atoms with Gasteiger partial charge in [-0.05, 0) is 23.9 Å². The number of pyridine rings is 1. The topological polar surface area (TPSA) is 145 Å². The first-order chi connectivity index (χ1) is 15.5. The van der Waals surface area contributed by atoms with Crippen LogP contribution in [0.4, 0.5) is 5.82 Å². The summed E-state index contributed by atoms with van der Waals surface area (Å²) in [7, 11) is -2.91. The van der Waals surface area contributed by atoms with Crippen LogP contribution in [0, 0.1) is 0 Å². The van der Waals surface area contributed by atoms with Crippen molar-refractivity contribution in [2.45, 2.75) is 6.42 Å². The van der Waals surface area contributed by atoms with E-state index in [1.54, 1.807) is 18.4 Å². The number of aromatic nitrogens is 2. The predicted molar refractivity (Wildman–Crippen MR) is 119 cm³/mol. The summed E-state index contributed by atoms with van der Waals surface area (Å²) in [4.78, 5) is 15.9. The summed E-state index contributed by atoms with van der Waals surface area (Å²) < 4.78 is 30.9. The number of anilines is 1. The molecule has 1 aliphatic rings. The molecule has 0 radical (unpaired) electrons. The van der Waals surface area contributed by atoms with Crippen molar-refractivity contribution in [2.24, 2.45) is 5.73 Å². The van der Waals surface area contributed by atoms with E-state index >= 15 is 0 Å². The molecule has 0 bridgehead atoms. The Morgan fingerprint density at radius 3 is 2.91 bits per heavy atom. The van der Waals surface area contributed by atoms with Crippen molar-refractivity contribution >= 4 is 19.2 Å². The fraction of sp³-hybridized carbons (Fsp3) is 0.400. The maximum atomic E-state index is 11.2. The van der Waals surface area contributed by atoms with E-state index in [2.05, 4.69) is 29.4 Å². The lowest BCUT2D eigenvalue weighted by molar-refractivity contribution is 0.122. The first-order valence-corrected chi connectivity index (χ1v) is 11.6. The molecule has 1 fully saturated rings. The van der Waals surface area contributed by atoms with Crippen molar-refractivity contribution in [1.82, 2.24) is 15.5 Å². The van der Waals surface area contributed by atoms with E-state index in [1.807, 2.05) is 24.4 Å². The number of hydrogen-bond donors (Lipinski definition) is 3. The molecule has 32 heavy (non-hydrogen) atoms. The van der Waals surface area contributed by atoms with Crippen LogP contribution in [0.25, 0.3) is 5.57 Å². The molecule has 0 aliphatic carbocycles. The van der Waals surface area contributed by atoms with Gasteiger partial charge in [0.05, 0.1) is 18.9 Å². The molecular formula is C20H28N5O6P. The van der Waals surface area contributed by atoms with E-state index in [-0.39, 0.29) is 13.3 Å². The molecule has 3 heterocycles. The van der Waals surface area contributed by atoms with Crippen molar-refractivity contribution in [1.29, 1.82) is 0 Å². The molecular weight excluding hydrogens is 437 g/mol. The van der Waals surface area contributed by atoms with Crippen LogP contribution in [0.2, 0.25) is 0 Å². The third kappa shape index (κ3) is 7.27. The number of allylic oxidation sites excluding steroid dienone is 2. The average molecular weight is 465 g/mol. The molecule has 11 nitrogen and oxygen atoms in total. The van der Waals surface area contributed by atoms with Crippen LogP contribution in [0.5, 0.6) is 0 Å². The zero-order valence-electron chi connectivity index (χ0n) is 17.8. The van der Waals surface area contributed by atoms with Crippen molar-refractivity contribution < 1.29 is 27.8 Å². The Labute approximate surface area is 186 Å². The highest BCUT2D eigenvalue weighted by Crippen LogP contribution is 2.41. The van der Waals surface area contributed by atoms with Gasteiger partial charge in [0.15, 0.2) is 5.76 Å². The maximum absolute atomic E-state index is 11.2. The molecule has 0 spiro atoms. The minimum absolute atomic E-state index is 0.186. The molecule has 2 aromatic rings. The Morgan fingerprint density at radius 1 is 1.41 bits per heavy atom. The number of nitrogens with one attached hydrogen (secondary N) is 1. The largest absolute Gasteiger partial charge is 0.473 e. The van der Waals surface area contributed by atoms with Gasteiger partial charge in [-0.2, -0.15) is 0 Å². The van der Waals surface area contributed by atoms with Crippen LogP contribution in [0.3, 0.4) is 0 Å². The normalized spacial score (nSPS) is 17.0. The fourth-order valence-electron chi connectivity index (χ4n) is 2.96. The first-order valence-electron chi connectivity index (χ1n) is 10.1. The SMILES string of the molecule is COP(=O)(O)OCN/C=C\C=C(/CN)c1cc(Cc2ccc(N3CCOCC3)nc2)no1. The number of hydrogen-bond acceptors (Lipinski definition) is 10. The lowest BCUT2D eigenvalue weighted by atomic mass is 10.1. The van der Waals surface area contributed by atoms with Crippen molar-refractivity contribution in [3.05, 3.63) is 59.8 Å². The van der Waals surface area contributed by atoms with Gasteiger partial charge in [0.1, 0.15) is 12.5 Å². The van der Waals surface area contributed by atoms with E-state index in [4.69, 9.17) is 19.9 Å². The Bertz CT molecular complexity index is 956. The Kier molecular flexibility index (Phi) is 8.98. The van der Waals surface area contributed by atoms with Gasteiger partial charge >= 0.3 is 7.82 Å². The number of phosphoric ester groups is 1. The van der Waals surface area contributed by atoms with Crippen molar-refractivity contribution in [2.75, 3.05) is 51.6 Å². The maximum Gasteiger partial charge on any atom is 0.473 e. The monoisotopic (exact) mass is 465 g/mol. The van der Waals surface area contributed by atoms with E-state index < -0.39 is 7.82 Å². The second-order valence-corrected chi connectivity index (χ2v) is 8.43. The van der Waals surface area contributed by atoms with Gasteiger partial charge in [0.25, 0.3) is 0 Å². The number of nitrogens with zero attached hydrogens (tertiary/aromatic N) is 3. The highest BCUT2D eigenvalue weighted by molar-refractivity contribution is 7.47. The standard InChI is InChI=1S/C20H28N5O6P/c1-28-32(26,27)30-15-22-6-2-3-17(13-21)19-12-18(24-31-19)11-16-4-5-20(23-14-16)25-7-9-29-10-8-25/h2-6,12,14,22H,7-11,13,15,21H2,1H3,(H,26,27)/b6-2-,17-3+. The lowest BCUT2D eigenvalue weighted by Crippen LogP contribution is -2.36. The number of nitrogens with two attached hydrogens (primary N) is 1. The molecule has 2 aromatic heterocycles. The molecule has 1 aliphatic heterocycles. The summed E-state index contributed by atoms with van der Waals surface area (Å²) in [6.07, 6.45) is 7.42. The number of morpholine rings is 1. The van der Waals surface area contributed by atoms with Crippen LogP contribution >= 0.6 is 7.82 Å². The summed E-state index contributed by atoms with van der Waals surface area (Å²) in [5, 5.41) is 6.84. The number of ether oxygens (including phenoxy) is 1. The van der Waals surface area contributed by atoms with Gasteiger partial charge in [-0.1, -0.05) is 17.3 Å². The molecule has 0 aromatic carbocycles. The molecule has 12 heteroatoms. The zero-order valence-corrected chi connectivity index (χ0v) is 18.7. The Morgan fingerprint density at radius 2 is 2.22 bits per heavy atom. The van der Waals surface area contributed by atoms with Crippen LogP contribution in [-0.2, 0) is 24.8 Å². The zero-order chi connectivity index (χ0) is 22.8. The minimum Gasteiger partial charge on any atom is -0.378 e. The molecule has 0 saturated carbocycles. The summed E-state index contributed by atoms with van der Waals surface area (Å²) in [5.41, 5.74) is 8.37. The van der Waals surface area contributed by atoms with E-state index in [1.165, 1.54) is 0 Å². The van der Waals surface area contributed by atoms with Crippen molar-refractivity contribution in [3.63, 3.8) is 0 Å². The van der Waals surface area contributed by atoms with Gasteiger partial charge in [-0.25, -0.2) is 9.55 Å². The highest BCUT2D eigenvalue weighted by Gasteiger charge is 2.17. The highest BCUT2D eigenvalue weighted by atomic mass is 31.2. The number of rotatable bonds is 11. The molecule has 1 atom stereocenters. The summed E-state index contributed by atoms with van der Waals surface area (Å²) >= 11 is 0. The quantitative estimate of drug-likeness (QED) is 0.193. The second kappa shape index (κ2) is 11.9. The molecule has 0 amide bonds. The predicted octanol–water partition coefficient (Wildman–Crippen LogP) is 1.66. The molecule has 4 N–H and O–H groups in total. The fourth-order valence-corrected chi connectivity index (χ4v) is 3.30. The summed E-state index contributed by atoms with van der Waals surface area (Å²) in [6, 6.07) is 5.90. The second-order valence-electron chi connectivity index (χ2n) is 6.87. The molecule has 174 valence electrons. The molecule has 3 rings (SSSR count). The van der Waals surface area contributed by atoms with Gasteiger partial charge in [0.2, 0.25) is 0 Å². The van der Waals surface area contributed by atoms with E-state index in [9.17, 15) is 4.57 Å². The lowest BCUT2D eigenvalue weighted by Gasteiger charge is -2.27. The third-order valence-electron chi connectivity index (χ3n) is 4.68. The third-order valence-corrected chi connectivity index (χ3v) is 5.59. The number of phosphoric acid groups is 1. The van der Waals surface area contributed by atoms with Crippen LogP contribution < -0.4 is 16.0 Å². The Balaban J connectivity index is 1.53. The van der Waals surface area contributed by atoms with Gasteiger partial charge in [-0.15, -0.1) is 0 Å². The first kappa shape index (κ1) is 24.1. The van der Waals surface area contributed by atoms with Crippen LogP contribution in [-0.4, -0.2) is 61.7 Å². The van der Waals surface area contributed by atoms with Gasteiger partial charge < -0.3 is 30.1 Å². The van der Waals surface area contributed by atoms with Crippen LogP contribution in [0.15, 0.2) is 47.3 Å². The van der Waals surface area contributed by atoms with Crippen molar-refractivity contribution in [3.8, 4) is 0 Å². The van der Waals surface area contributed by atoms with E-state index in [0.29, 0.717) is 12.2 Å². The van der Waals surface area contributed by atoms with E-state index in [0.717, 1.165) is 56.1 Å². The molecule has 1 unspecified atom stereocenters. The minimum atomic E-state index is -4.00. The van der Waals surface area contributed by atoms with Crippen LogP contribution in [0.1, 0.15) is 17.0 Å². The smallest absolute Gasteiger partial charge is 0.378 e. The summed E-state index contributed by atoms with van der Waals surface area (Å²) in [5.74, 6) is 1.52. The average Bonchev–Trinajstić information content (AvgIpc) is 3.28. The van der Waals surface area contributed by atoms with Gasteiger partial charge in [-0.3, -0.25) is 9.05 Å². The Hall–Kier alpha value is -2.53. The molecule has 1 saturated heterocycles. The summed E-state index contributed by atoms with van der Waals surface area (Å²) in [6.45, 7) is 3.20.